The normalized spacial score (nSPS) is 14.2. The van der Waals surface area contributed by atoms with Crippen LogP contribution in [0.4, 0.5) is 5.69 Å². The number of carbonyl (C=O) groups excluding carboxylic acids is 1. The number of nitrogens with zero attached hydrogens (tertiary/aromatic N) is 4. The fraction of sp³-hybridized carbons (Fsp3) is 0.360. The Morgan fingerprint density at radius 2 is 1.94 bits per heavy atom. The minimum Gasteiger partial charge on any atom is -0.311 e. The Hall–Kier alpha value is -2.82. The van der Waals surface area contributed by atoms with Crippen molar-refractivity contribution in [3.05, 3.63) is 63.9 Å². The zero-order valence-electron chi connectivity index (χ0n) is 18.2. The van der Waals surface area contributed by atoms with E-state index >= 15 is 0 Å². The van der Waals surface area contributed by atoms with Crippen molar-refractivity contribution in [1.29, 1.82) is 5.26 Å². The van der Waals surface area contributed by atoms with Crippen LogP contribution in [0.2, 0.25) is 5.02 Å². The molecule has 0 aliphatic heterocycles. The molecule has 33 heavy (non-hydrogen) atoms. The van der Waals surface area contributed by atoms with Crippen molar-refractivity contribution < 1.29 is 4.79 Å². The second-order valence-electron chi connectivity index (χ2n) is 8.10. The predicted molar refractivity (Wildman–Crippen MR) is 133 cm³/mol. The number of halogens is 1. The van der Waals surface area contributed by atoms with Crippen LogP contribution >= 0.6 is 23.4 Å². The van der Waals surface area contributed by atoms with Gasteiger partial charge in [0, 0.05) is 23.3 Å². The van der Waals surface area contributed by atoms with Gasteiger partial charge in [0.1, 0.15) is 0 Å². The molecule has 0 saturated heterocycles. The van der Waals surface area contributed by atoms with Gasteiger partial charge in [-0.1, -0.05) is 60.8 Å². The Balaban J connectivity index is 1.66. The van der Waals surface area contributed by atoms with Crippen LogP contribution in [0.5, 0.6) is 0 Å². The van der Waals surface area contributed by atoms with E-state index in [2.05, 4.69) is 6.07 Å². The number of para-hydroxylation sites is 1. The Morgan fingerprint density at radius 3 is 2.67 bits per heavy atom. The van der Waals surface area contributed by atoms with Crippen molar-refractivity contribution in [3.63, 3.8) is 0 Å². The number of benzene rings is 2. The lowest BCUT2D eigenvalue weighted by Gasteiger charge is -2.26. The Morgan fingerprint density at radius 1 is 1.18 bits per heavy atom. The van der Waals surface area contributed by atoms with Gasteiger partial charge < -0.3 is 4.90 Å². The lowest BCUT2D eigenvalue weighted by atomic mass is 9.95. The molecule has 0 spiro atoms. The fourth-order valence-corrected chi connectivity index (χ4v) is 5.40. The second-order valence-corrected chi connectivity index (χ2v) is 9.48. The van der Waals surface area contributed by atoms with Crippen LogP contribution in [0.3, 0.4) is 0 Å². The number of hydrogen-bond acceptors (Lipinski definition) is 5. The van der Waals surface area contributed by atoms with E-state index in [0.29, 0.717) is 27.6 Å². The molecular formula is C25H25ClN4O2S. The number of amides is 1. The van der Waals surface area contributed by atoms with Crippen molar-refractivity contribution in [2.24, 2.45) is 0 Å². The summed E-state index contributed by atoms with van der Waals surface area (Å²) in [7, 11) is 0. The number of thioether (sulfide) groups is 1. The molecule has 170 valence electrons. The molecule has 1 amide bonds. The van der Waals surface area contributed by atoms with Gasteiger partial charge >= 0.3 is 0 Å². The van der Waals surface area contributed by atoms with E-state index in [1.807, 2.05) is 30.3 Å². The maximum atomic E-state index is 13.4. The molecule has 3 aromatic rings. The van der Waals surface area contributed by atoms with Gasteiger partial charge in [0.25, 0.3) is 5.56 Å². The third kappa shape index (κ3) is 5.40. The summed E-state index contributed by atoms with van der Waals surface area (Å²) in [6, 6.07) is 16.7. The summed E-state index contributed by atoms with van der Waals surface area (Å²) in [5, 5.41) is 10.6. The topological polar surface area (TPSA) is 79.0 Å². The highest BCUT2D eigenvalue weighted by Crippen LogP contribution is 2.31. The van der Waals surface area contributed by atoms with Gasteiger partial charge in [-0.25, -0.2) is 4.98 Å². The van der Waals surface area contributed by atoms with Gasteiger partial charge in [-0.15, -0.1) is 0 Å². The van der Waals surface area contributed by atoms with Crippen LogP contribution in [0, 0.1) is 11.3 Å². The van der Waals surface area contributed by atoms with Crippen LogP contribution in [-0.4, -0.2) is 27.8 Å². The molecule has 0 N–H and O–H groups in total. The first-order valence-electron chi connectivity index (χ1n) is 11.2. The molecule has 1 saturated carbocycles. The number of carbonyl (C=O) groups is 1. The Bertz CT molecular complexity index is 1230. The highest BCUT2D eigenvalue weighted by atomic mass is 35.5. The number of nitriles is 1. The largest absolute Gasteiger partial charge is 0.311 e. The lowest BCUT2D eigenvalue weighted by Crippen LogP contribution is -2.34. The fourth-order valence-electron chi connectivity index (χ4n) is 4.29. The molecule has 1 fully saturated rings. The van der Waals surface area contributed by atoms with Crippen molar-refractivity contribution in [2.75, 3.05) is 17.2 Å². The maximum Gasteiger partial charge on any atom is 0.262 e. The van der Waals surface area contributed by atoms with E-state index in [4.69, 9.17) is 21.8 Å². The van der Waals surface area contributed by atoms with Crippen molar-refractivity contribution in [1.82, 2.24) is 9.55 Å². The van der Waals surface area contributed by atoms with E-state index in [0.717, 1.165) is 31.4 Å². The van der Waals surface area contributed by atoms with Crippen molar-refractivity contribution in [2.45, 2.75) is 49.7 Å². The number of aromatic nitrogens is 2. The molecular weight excluding hydrogens is 456 g/mol. The van der Waals surface area contributed by atoms with Gasteiger partial charge in [-0.3, -0.25) is 14.2 Å². The van der Waals surface area contributed by atoms with Crippen LogP contribution in [0.25, 0.3) is 10.9 Å². The molecule has 1 heterocycles. The predicted octanol–water partition coefficient (Wildman–Crippen LogP) is 5.59. The molecule has 4 rings (SSSR count). The highest BCUT2D eigenvalue weighted by molar-refractivity contribution is 7.99. The molecule has 1 aliphatic carbocycles. The highest BCUT2D eigenvalue weighted by Gasteiger charge is 2.23. The van der Waals surface area contributed by atoms with Crippen LogP contribution in [-0.2, 0) is 4.79 Å². The molecule has 1 aromatic heterocycles. The smallest absolute Gasteiger partial charge is 0.262 e. The molecule has 0 bridgehead atoms. The average Bonchev–Trinajstić information content (AvgIpc) is 2.84. The summed E-state index contributed by atoms with van der Waals surface area (Å²) in [6.07, 6.45) is 5.43. The first-order chi connectivity index (χ1) is 16.1. The zero-order chi connectivity index (χ0) is 23.2. The summed E-state index contributed by atoms with van der Waals surface area (Å²) in [5.74, 6) is -0.0111. The van der Waals surface area contributed by atoms with Crippen LogP contribution in [0.15, 0.2) is 58.5 Å². The number of hydrogen-bond donors (Lipinski definition) is 0. The summed E-state index contributed by atoms with van der Waals surface area (Å²) >= 11 is 7.43. The quantitative estimate of drug-likeness (QED) is 0.325. The monoisotopic (exact) mass is 480 g/mol. The molecule has 2 aromatic carbocycles. The van der Waals surface area contributed by atoms with Crippen molar-refractivity contribution in [3.8, 4) is 6.07 Å². The summed E-state index contributed by atoms with van der Waals surface area (Å²) in [6.45, 7) is 0.316. The van der Waals surface area contributed by atoms with E-state index < -0.39 is 0 Å². The third-order valence-electron chi connectivity index (χ3n) is 5.91. The average molecular weight is 481 g/mol. The first-order valence-corrected chi connectivity index (χ1v) is 12.5. The van der Waals surface area contributed by atoms with Crippen LogP contribution < -0.4 is 10.5 Å². The van der Waals surface area contributed by atoms with Gasteiger partial charge in [-0.05, 0) is 43.2 Å². The van der Waals surface area contributed by atoms with Gasteiger partial charge in [0.15, 0.2) is 5.16 Å². The van der Waals surface area contributed by atoms with E-state index in [1.54, 1.807) is 27.7 Å². The molecule has 6 nitrogen and oxygen atoms in total. The summed E-state index contributed by atoms with van der Waals surface area (Å²) in [5.41, 5.74) is 1.21. The number of anilines is 1. The molecule has 0 radical (unpaired) electrons. The number of rotatable bonds is 7. The number of fused-ring (bicyclic) bond motifs is 1. The Kier molecular flexibility index (Phi) is 7.69. The SMILES string of the molecule is N#CCCN(C(=O)CSc1nc2cc(Cl)ccc2c(=O)n1C1CCCCC1)c1ccccc1. The molecule has 0 unspecified atom stereocenters. The first kappa shape index (κ1) is 23.3. The lowest BCUT2D eigenvalue weighted by molar-refractivity contribution is -0.116. The van der Waals surface area contributed by atoms with Crippen LogP contribution in [0.1, 0.15) is 44.6 Å². The standard InChI is InChI=1S/C25H25ClN4O2S/c26-18-12-13-21-22(16-18)28-25(30(24(21)32)20-10-5-2-6-11-20)33-17-23(31)29(15-7-14-27)19-8-3-1-4-9-19/h1,3-4,8-9,12-13,16,20H,2,5-7,10-11,15,17H2. The van der Waals surface area contributed by atoms with E-state index in [-0.39, 0.29) is 29.7 Å². The second kappa shape index (κ2) is 10.9. The minimum atomic E-state index is -0.128. The maximum absolute atomic E-state index is 13.4. The summed E-state index contributed by atoms with van der Waals surface area (Å²) in [4.78, 5) is 33.0. The van der Waals surface area contributed by atoms with Gasteiger partial charge in [0.05, 0.1) is 29.1 Å². The molecule has 8 heteroatoms. The molecule has 1 aliphatic rings. The van der Waals surface area contributed by atoms with Gasteiger partial charge in [-0.2, -0.15) is 5.26 Å². The minimum absolute atomic E-state index is 0.0806. The van der Waals surface area contributed by atoms with E-state index in [1.165, 1.54) is 18.2 Å². The summed E-state index contributed by atoms with van der Waals surface area (Å²) < 4.78 is 1.79. The third-order valence-corrected chi connectivity index (χ3v) is 7.08. The Labute approximate surface area is 202 Å². The molecule has 0 atom stereocenters. The van der Waals surface area contributed by atoms with E-state index in [9.17, 15) is 9.59 Å². The zero-order valence-corrected chi connectivity index (χ0v) is 19.8. The van der Waals surface area contributed by atoms with Gasteiger partial charge in [0.2, 0.25) is 5.91 Å². The van der Waals surface area contributed by atoms with Crippen molar-refractivity contribution >= 4 is 45.9 Å².